The van der Waals surface area contributed by atoms with Gasteiger partial charge in [0.2, 0.25) is 0 Å². The highest BCUT2D eigenvalue weighted by atomic mass is 16.4. The Hall–Kier alpha value is -3.96. The third kappa shape index (κ3) is 25.1. The molecule has 0 aliphatic rings. The molecule has 54 heavy (non-hydrogen) atoms. The summed E-state index contributed by atoms with van der Waals surface area (Å²) in [6.45, 7) is 22.5. The van der Waals surface area contributed by atoms with Crippen LogP contribution in [0.1, 0.15) is 122 Å². The van der Waals surface area contributed by atoms with Gasteiger partial charge in [0.05, 0.1) is 35.5 Å². The first-order valence-electron chi connectivity index (χ1n) is 19.1. The number of hydrogen-bond donors (Lipinski definition) is 6. The Labute approximate surface area is 323 Å². The average molecular weight is 769 g/mol. The third-order valence-corrected chi connectivity index (χ3v) is 9.57. The third-order valence-electron chi connectivity index (χ3n) is 9.57. The van der Waals surface area contributed by atoms with Crippen LogP contribution in [-0.4, -0.2) is 66.5 Å². The number of aliphatic carboxylic acids is 6. The molecule has 6 N–H and O–H groups in total. The highest BCUT2D eigenvalue weighted by Gasteiger charge is 2.24. The highest BCUT2D eigenvalue weighted by molar-refractivity contribution is 5.72. The molecule has 0 saturated heterocycles. The summed E-state index contributed by atoms with van der Waals surface area (Å²) in [5.74, 6) is -6.73. The summed E-state index contributed by atoms with van der Waals surface area (Å²) in [5, 5.41) is 54.0. The van der Waals surface area contributed by atoms with Crippen LogP contribution in [0.4, 0.5) is 0 Å². The largest absolute Gasteiger partial charge is 0.481 e. The van der Waals surface area contributed by atoms with Gasteiger partial charge < -0.3 is 30.6 Å². The molecular weight excluding hydrogens is 696 g/mol. The van der Waals surface area contributed by atoms with Gasteiger partial charge in [0.1, 0.15) is 0 Å². The molecule has 0 amide bonds. The lowest BCUT2D eigenvalue weighted by Crippen LogP contribution is -2.19. The van der Waals surface area contributed by atoms with Crippen LogP contribution in [-0.2, 0) is 28.8 Å². The van der Waals surface area contributed by atoms with E-state index in [0.29, 0.717) is 38.5 Å². The molecule has 0 aliphatic carbocycles. The lowest BCUT2D eigenvalue weighted by molar-refractivity contribution is -0.144. The second-order valence-electron chi connectivity index (χ2n) is 16.0. The van der Waals surface area contributed by atoms with Crippen molar-refractivity contribution >= 4 is 35.8 Å². The van der Waals surface area contributed by atoms with E-state index in [9.17, 15) is 28.8 Å². The van der Waals surface area contributed by atoms with Gasteiger partial charge in [-0.2, -0.15) is 0 Å². The van der Waals surface area contributed by atoms with Crippen LogP contribution < -0.4 is 0 Å². The quantitative estimate of drug-likeness (QED) is 0.0506. The Morgan fingerprint density at radius 1 is 0.278 bits per heavy atom. The van der Waals surface area contributed by atoms with Gasteiger partial charge in [-0.05, 0) is 74.0 Å². The van der Waals surface area contributed by atoms with E-state index in [0.717, 1.165) is 0 Å². The van der Waals surface area contributed by atoms with Crippen LogP contribution in [0, 0.1) is 71.0 Å². The first-order chi connectivity index (χ1) is 24.8. The van der Waals surface area contributed by atoms with E-state index in [1.807, 2.05) is 83.1 Å². The van der Waals surface area contributed by atoms with Crippen LogP contribution in [0.15, 0.2) is 36.5 Å². The van der Waals surface area contributed by atoms with Crippen LogP contribution >= 0.6 is 0 Å². The van der Waals surface area contributed by atoms with E-state index in [4.69, 9.17) is 30.6 Å². The molecule has 0 aliphatic heterocycles. The maximum Gasteiger partial charge on any atom is 0.307 e. The molecule has 0 aromatic rings. The van der Waals surface area contributed by atoms with Gasteiger partial charge in [0.25, 0.3) is 0 Å². The number of carbonyl (C=O) groups is 6. The number of rotatable bonds is 24. The Balaban J connectivity index is -0.000000722. The van der Waals surface area contributed by atoms with Gasteiger partial charge in [0, 0.05) is 0 Å². The first-order valence-corrected chi connectivity index (χ1v) is 19.1. The van der Waals surface area contributed by atoms with Crippen molar-refractivity contribution in [2.24, 2.45) is 71.0 Å². The Bertz CT molecular complexity index is 972. The molecule has 3 unspecified atom stereocenters. The van der Waals surface area contributed by atoms with Crippen molar-refractivity contribution in [3.63, 3.8) is 0 Å². The SMILES string of the molecule is CC(C)C(C/C=C/CC(C(=O)O)C(C)C)C(=O)O.CC(C)C(C/C=C/C[C@@H](C(=O)O)C(C)C)C(=O)O.CC(C)[C@@H](C/C=C/C[C@@H](C(=O)O)C(C)C)C(=O)O. The predicted molar refractivity (Wildman–Crippen MR) is 211 cm³/mol. The molecule has 0 heterocycles. The van der Waals surface area contributed by atoms with Crippen LogP contribution in [0.5, 0.6) is 0 Å². The van der Waals surface area contributed by atoms with Gasteiger partial charge in [-0.3, -0.25) is 28.8 Å². The summed E-state index contributed by atoms with van der Waals surface area (Å²) in [6, 6.07) is 0. The highest BCUT2D eigenvalue weighted by Crippen LogP contribution is 2.22. The standard InChI is InChI=1S/3C14H24O4/c3*1-9(2)11(13(15)16)7-5-6-8-12(10(3)4)14(17)18/h3*5-6,9-12H,7-8H2,1-4H3,(H,15,16)(H,17,18)/b3*6-5+/t11-,12?;11-,12-;/m11./s1. The smallest absolute Gasteiger partial charge is 0.307 e. The molecule has 0 rings (SSSR count). The van der Waals surface area contributed by atoms with E-state index in [1.54, 1.807) is 36.5 Å². The molecule has 0 aromatic carbocycles. The number of hydrogen-bond acceptors (Lipinski definition) is 6. The molecular formula is C42H72O12. The number of allylic oxidation sites excluding steroid dienone is 6. The van der Waals surface area contributed by atoms with Gasteiger partial charge >= 0.3 is 35.8 Å². The zero-order valence-electron chi connectivity index (χ0n) is 34.8. The topological polar surface area (TPSA) is 224 Å². The van der Waals surface area contributed by atoms with E-state index in [1.165, 1.54) is 0 Å². The monoisotopic (exact) mass is 769 g/mol. The predicted octanol–water partition coefficient (Wildman–Crippen LogP) is 9.11. The van der Waals surface area contributed by atoms with Crippen molar-refractivity contribution in [1.29, 1.82) is 0 Å². The summed E-state index contributed by atoms with van der Waals surface area (Å²) >= 11 is 0. The lowest BCUT2D eigenvalue weighted by Gasteiger charge is -2.15. The summed E-state index contributed by atoms with van der Waals surface area (Å²) in [7, 11) is 0. The van der Waals surface area contributed by atoms with Crippen LogP contribution in [0.25, 0.3) is 0 Å². The minimum absolute atomic E-state index is 0.0764. The number of carboxylic acids is 6. The van der Waals surface area contributed by atoms with Crippen molar-refractivity contribution in [2.75, 3.05) is 0 Å². The zero-order chi connectivity index (χ0) is 42.9. The number of carboxylic acid groups (broad SMARTS) is 6. The van der Waals surface area contributed by atoms with E-state index >= 15 is 0 Å². The van der Waals surface area contributed by atoms with Gasteiger partial charge in [-0.15, -0.1) is 0 Å². The lowest BCUT2D eigenvalue weighted by atomic mass is 9.90. The van der Waals surface area contributed by atoms with Crippen LogP contribution in [0.3, 0.4) is 0 Å². The van der Waals surface area contributed by atoms with Crippen molar-refractivity contribution in [3.05, 3.63) is 36.5 Å². The second kappa shape index (κ2) is 29.4. The molecule has 12 nitrogen and oxygen atoms in total. The maximum atomic E-state index is 11.0. The normalized spacial score (nSPS) is 15.2. The minimum atomic E-state index is -0.798. The fraction of sp³-hybridized carbons (Fsp3) is 0.714. The van der Waals surface area contributed by atoms with Crippen LogP contribution in [0.2, 0.25) is 0 Å². The Kier molecular flexibility index (Phi) is 29.6. The Morgan fingerprint density at radius 3 is 0.426 bits per heavy atom. The van der Waals surface area contributed by atoms with Crippen molar-refractivity contribution < 1.29 is 59.4 Å². The average Bonchev–Trinajstić information content (AvgIpc) is 3.00. The van der Waals surface area contributed by atoms with Crippen molar-refractivity contribution in [1.82, 2.24) is 0 Å². The fourth-order valence-corrected chi connectivity index (χ4v) is 5.41. The molecule has 0 spiro atoms. The fourth-order valence-electron chi connectivity index (χ4n) is 5.41. The van der Waals surface area contributed by atoms with E-state index < -0.39 is 71.3 Å². The van der Waals surface area contributed by atoms with Crippen molar-refractivity contribution in [3.8, 4) is 0 Å². The molecule has 0 fully saturated rings. The zero-order valence-corrected chi connectivity index (χ0v) is 34.8. The molecule has 12 heteroatoms. The van der Waals surface area contributed by atoms with Gasteiger partial charge in [-0.25, -0.2) is 0 Å². The van der Waals surface area contributed by atoms with Gasteiger partial charge in [-0.1, -0.05) is 120 Å². The molecule has 6 atom stereocenters. The summed E-state index contributed by atoms with van der Waals surface area (Å²) in [5.41, 5.74) is 0. The molecule has 0 saturated carbocycles. The van der Waals surface area contributed by atoms with E-state index in [2.05, 4.69) is 0 Å². The summed E-state index contributed by atoms with van der Waals surface area (Å²) in [6.07, 6.45) is 13.5. The molecule has 0 bridgehead atoms. The second-order valence-corrected chi connectivity index (χ2v) is 16.0. The molecule has 0 aromatic heterocycles. The molecule has 0 radical (unpaired) electrons. The van der Waals surface area contributed by atoms with E-state index in [-0.39, 0.29) is 35.5 Å². The summed E-state index contributed by atoms with van der Waals surface area (Å²) in [4.78, 5) is 65.7. The minimum Gasteiger partial charge on any atom is -0.481 e. The maximum absolute atomic E-state index is 11.0. The summed E-state index contributed by atoms with van der Waals surface area (Å²) < 4.78 is 0. The van der Waals surface area contributed by atoms with Gasteiger partial charge in [0.15, 0.2) is 0 Å². The molecule has 312 valence electrons. The first kappa shape index (κ1) is 54.4. The van der Waals surface area contributed by atoms with Crippen molar-refractivity contribution in [2.45, 2.75) is 122 Å². The Morgan fingerprint density at radius 2 is 0.370 bits per heavy atom.